The molecule has 1 aliphatic rings. The van der Waals surface area contributed by atoms with Gasteiger partial charge in [-0.2, -0.15) is 0 Å². The topological polar surface area (TPSA) is 59.5 Å². The number of hydrogen-bond acceptors (Lipinski definition) is 5. The maximum absolute atomic E-state index is 11.7. The Labute approximate surface area is 138 Å². The summed E-state index contributed by atoms with van der Waals surface area (Å²) in [4.78, 5) is 29.1. The number of nitrogens with zero attached hydrogens (tertiary/aromatic N) is 2. The van der Waals surface area contributed by atoms with Gasteiger partial charge in [0.25, 0.3) is 0 Å². The van der Waals surface area contributed by atoms with Crippen LogP contribution in [0.4, 0.5) is 0 Å². The van der Waals surface area contributed by atoms with Crippen molar-refractivity contribution in [1.82, 2.24) is 9.88 Å². The number of amides is 2. The number of likely N-dealkylation sites (tertiary alicyclic amines) is 1. The highest BCUT2D eigenvalue weighted by Crippen LogP contribution is 2.26. The first-order valence-corrected chi connectivity index (χ1v) is 8.45. The lowest BCUT2D eigenvalue weighted by Gasteiger charge is -2.11. The fourth-order valence-electron chi connectivity index (χ4n) is 2.43. The van der Waals surface area contributed by atoms with Gasteiger partial charge >= 0.3 is 0 Å². The van der Waals surface area contributed by atoms with Gasteiger partial charge in [-0.25, -0.2) is 4.98 Å². The molecule has 0 aliphatic carbocycles. The second kappa shape index (κ2) is 6.50. The quantitative estimate of drug-likeness (QED) is 0.790. The Kier molecular flexibility index (Phi) is 4.43. The Bertz CT molecular complexity index is 706. The van der Waals surface area contributed by atoms with Crippen LogP contribution in [0, 0.1) is 0 Å². The van der Waals surface area contributed by atoms with Crippen LogP contribution in [0.2, 0.25) is 0 Å². The van der Waals surface area contributed by atoms with Crippen molar-refractivity contribution in [2.24, 2.45) is 0 Å². The number of thiazole rings is 1. The molecule has 2 heterocycles. The van der Waals surface area contributed by atoms with Gasteiger partial charge in [-0.3, -0.25) is 14.5 Å². The normalized spacial score (nSPS) is 14.8. The van der Waals surface area contributed by atoms with Crippen LogP contribution in [0.5, 0.6) is 5.75 Å². The average molecular weight is 330 g/mol. The molecule has 0 unspecified atom stereocenters. The molecule has 0 spiro atoms. The SMILES string of the molecule is CC(C)Oc1ccc(-c2csc(CN3C(=O)CCC3=O)n2)cc1. The molecule has 0 atom stereocenters. The van der Waals surface area contributed by atoms with Gasteiger partial charge in [-0.1, -0.05) is 0 Å². The molecule has 0 saturated carbocycles. The third-order valence-electron chi connectivity index (χ3n) is 3.52. The van der Waals surface area contributed by atoms with E-state index >= 15 is 0 Å². The largest absolute Gasteiger partial charge is 0.491 e. The van der Waals surface area contributed by atoms with Gasteiger partial charge in [-0.15, -0.1) is 11.3 Å². The first kappa shape index (κ1) is 15.7. The number of carbonyl (C=O) groups is 2. The maximum atomic E-state index is 11.7. The van der Waals surface area contributed by atoms with Crippen LogP contribution < -0.4 is 4.74 Å². The van der Waals surface area contributed by atoms with Crippen molar-refractivity contribution in [1.29, 1.82) is 0 Å². The second-order valence-electron chi connectivity index (χ2n) is 5.69. The summed E-state index contributed by atoms with van der Waals surface area (Å²) in [7, 11) is 0. The summed E-state index contributed by atoms with van der Waals surface area (Å²) in [5.41, 5.74) is 1.84. The smallest absolute Gasteiger partial charge is 0.230 e. The van der Waals surface area contributed by atoms with Crippen LogP contribution in [0.3, 0.4) is 0 Å². The number of ether oxygens (including phenoxy) is 1. The average Bonchev–Trinajstić information content (AvgIpc) is 3.10. The van der Waals surface area contributed by atoms with Gasteiger partial charge in [0.15, 0.2) is 0 Å². The number of aromatic nitrogens is 1. The molecular formula is C17H18N2O3S. The summed E-state index contributed by atoms with van der Waals surface area (Å²) in [6.07, 6.45) is 0.769. The molecule has 0 N–H and O–H groups in total. The maximum Gasteiger partial charge on any atom is 0.230 e. The van der Waals surface area contributed by atoms with E-state index < -0.39 is 0 Å². The molecule has 1 aromatic carbocycles. The van der Waals surface area contributed by atoms with Gasteiger partial charge in [0.2, 0.25) is 11.8 Å². The summed E-state index contributed by atoms with van der Waals surface area (Å²) in [6, 6.07) is 7.76. The molecule has 1 aromatic heterocycles. The Morgan fingerprint density at radius 3 is 2.43 bits per heavy atom. The van der Waals surface area contributed by atoms with Gasteiger partial charge in [0.1, 0.15) is 10.8 Å². The predicted octanol–water partition coefficient (Wildman–Crippen LogP) is 3.25. The Balaban J connectivity index is 1.71. The van der Waals surface area contributed by atoms with Crippen molar-refractivity contribution < 1.29 is 14.3 Å². The van der Waals surface area contributed by atoms with Crippen molar-refractivity contribution in [2.75, 3.05) is 0 Å². The van der Waals surface area contributed by atoms with Crippen LogP contribution in [-0.4, -0.2) is 27.8 Å². The van der Waals surface area contributed by atoms with Crippen LogP contribution in [0.25, 0.3) is 11.3 Å². The standard InChI is InChI=1S/C17H18N2O3S/c1-11(2)22-13-5-3-12(4-6-13)14-10-23-15(18-14)9-19-16(20)7-8-17(19)21/h3-6,10-11H,7-9H2,1-2H3. The molecule has 120 valence electrons. The fourth-order valence-corrected chi connectivity index (χ4v) is 3.22. The molecule has 5 nitrogen and oxygen atoms in total. The van der Waals surface area contributed by atoms with E-state index in [0.29, 0.717) is 12.8 Å². The highest BCUT2D eigenvalue weighted by atomic mass is 32.1. The molecule has 0 radical (unpaired) electrons. The summed E-state index contributed by atoms with van der Waals surface area (Å²) in [5.74, 6) is 0.608. The van der Waals surface area contributed by atoms with E-state index in [9.17, 15) is 9.59 Å². The van der Waals surface area contributed by atoms with Crippen molar-refractivity contribution in [3.05, 3.63) is 34.7 Å². The summed E-state index contributed by atoms with van der Waals surface area (Å²) >= 11 is 1.46. The monoisotopic (exact) mass is 330 g/mol. The molecule has 3 rings (SSSR count). The minimum absolute atomic E-state index is 0.109. The van der Waals surface area contributed by atoms with Crippen molar-refractivity contribution in [3.63, 3.8) is 0 Å². The van der Waals surface area contributed by atoms with Crippen molar-refractivity contribution in [2.45, 2.75) is 39.3 Å². The van der Waals surface area contributed by atoms with E-state index in [1.54, 1.807) is 0 Å². The third-order valence-corrected chi connectivity index (χ3v) is 4.36. The van der Waals surface area contributed by atoms with Crippen LogP contribution in [0.1, 0.15) is 31.7 Å². The van der Waals surface area contributed by atoms with Gasteiger partial charge in [0, 0.05) is 23.8 Å². The van der Waals surface area contributed by atoms with E-state index in [1.165, 1.54) is 16.2 Å². The predicted molar refractivity (Wildman–Crippen MR) is 88.1 cm³/mol. The van der Waals surface area contributed by atoms with E-state index in [2.05, 4.69) is 4.98 Å². The zero-order valence-electron chi connectivity index (χ0n) is 13.1. The third kappa shape index (κ3) is 3.59. The zero-order chi connectivity index (χ0) is 16.4. The summed E-state index contributed by atoms with van der Waals surface area (Å²) in [5, 5.41) is 2.71. The Morgan fingerprint density at radius 1 is 1.17 bits per heavy atom. The lowest BCUT2D eigenvalue weighted by atomic mass is 10.2. The van der Waals surface area contributed by atoms with Gasteiger partial charge < -0.3 is 4.74 Å². The molecule has 2 amide bonds. The van der Waals surface area contributed by atoms with Gasteiger partial charge in [0.05, 0.1) is 18.3 Å². The van der Waals surface area contributed by atoms with E-state index in [4.69, 9.17) is 4.74 Å². The molecule has 0 bridgehead atoms. The first-order chi connectivity index (χ1) is 11.0. The Morgan fingerprint density at radius 2 is 1.83 bits per heavy atom. The number of carbonyl (C=O) groups excluding carboxylic acids is 2. The number of rotatable bonds is 5. The molecule has 6 heteroatoms. The van der Waals surface area contributed by atoms with Crippen LogP contribution in [-0.2, 0) is 16.1 Å². The minimum Gasteiger partial charge on any atom is -0.491 e. The summed E-state index contributed by atoms with van der Waals surface area (Å²) in [6.45, 7) is 4.25. The fraction of sp³-hybridized carbons (Fsp3) is 0.353. The number of hydrogen-bond donors (Lipinski definition) is 0. The van der Waals surface area contributed by atoms with E-state index in [1.807, 2.05) is 43.5 Å². The molecule has 23 heavy (non-hydrogen) atoms. The molecule has 1 saturated heterocycles. The van der Waals surface area contributed by atoms with Crippen LogP contribution in [0.15, 0.2) is 29.6 Å². The lowest BCUT2D eigenvalue weighted by molar-refractivity contribution is -0.139. The molecule has 2 aromatic rings. The zero-order valence-corrected chi connectivity index (χ0v) is 13.9. The minimum atomic E-state index is -0.109. The van der Waals surface area contributed by atoms with Crippen molar-refractivity contribution in [3.8, 4) is 17.0 Å². The summed E-state index contributed by atoms with van der Waals surface area (Å²) < 4.78 is 5.62. The van der Waals surface area contributed by atoms with Gasteiger partial charge in [-0.05, 0) is 38.1 Å². The van der Waals surface area contributed by atoms with E-state index in [0.717, 1.165) is 22.0 Å². The highest BCUT2D eigenvalue weighted by Gasteiger charge is 2.29. The lowest BCUT2D eigenvalue weighted by Crippen LogP contribution is -2.28. The van der Waals surface area contributed by atoms with Crippen molar-refractivity contribution >= 4 is 23.2 Å². The molecule has 1 fully saturated rings. The first-order valence-electron chi connectivity index (χ1n) is 7.57. The number of benzene rings is 1. The molecular weight excluding hydrogens is 312 g/mol. The highest BCUT2D eigenvalue weighted by molar-refractivity contribution is 7.09. The van der Waals surface area contributed by atoms with Crippen LogP contribution >= 0.6 is 11.3 Å². The van der Waals surface area contributed by atoms with E-state index in [-0.39, 0.29) is 24.5 Å². The Hall–Kier alpha value is -2.21. The molecule has 1 aliphatic heterocycles. The second-order valence-corrected chi connectivity index (χ2v) is 6.63. The number of imide groups is 1.